The predicted octanol–water partition coefficient (Wildman–Crippen LogP) is 6.76. The van der Waals surface area contributed by atoms with Crippen LogP contribution < -0.4 is 10.1 Å². The van der Waals surface area contributed by atoms with Gasteiger partial charge in [0.1, 0.15) is 5.75 Å². The average Bonchev–Trinajstić information content (AvgIpc) is 2.69. The summed E-state index contributed by atoms with van der Waals surface area (Å²) >= 11 is 2.50. The number of benzene rings is 2. The van der Waals surface area contributed by atoms with Gasteiger partial charge in [0.05, 0.1) is 11.9 Å². The number of nitrogens with zero attached hydrogens (tertiary/aromatic N) is 1. The third-order valence-corrected chi connectivity index (χ3v) is 5.42. The van der Waals surface area contributed by atoms with Crippen molar-refractivity contribution in [1.29, 1.82) is 0 Å². The molecule has 134 valence electrons. The van der Waals surface area contributed by atoms with E-state index >= 15 is 0 Å². The molecule has 1 heterocycles. The van der Waals surface area contributed by atoms with Crippen molar-refractivity contribution in [3.8, 4) is 11.6 Å². The summed E-state index contributed by atoms with van der Waals surface area (Å²) in [7, 11) is 0. The van der Waals surface area contributed by atoms with Crippen LogP contribution in [0.3, 0.4) is 0 Å². The molecule has 0 amide bonds. The second-order valence-electron chi connectivity index (χ2n) is 6.15. The summed E-state index contributed by atoms with van der Waals surface area (Å²) < 4.78 is 6.40. The molecule has 4 heteroatoms. The van der Waals surface area contributed by atoms with Gasteiger partial charge < -0.3 is 10.1 Å². The fourth-order valence-electron chi connectivity index (χ4n) is 2.63. The minimum atomic E-state index is 0.555. The Kier molecular flexibility index (Phi) is 6.89. The molecule has 2 aromatic carbocycles. The van der Waals surface area contributed by atoms with Crippen LogP contribution in [0.25, 0.3) is 0 Å². The van der Waals surface area contributed by atoms with Gasteiger partial charge in [-0.3, -0.25) is 0 Å². The summed E-state index contributed by atoms with van der Waals surface area (Å²) in [5.74, 6) is 1.41. The van der Waals surface area contributed by atoms with Crippen molar-refractivity contribution < 1.29 is 4.74 Å². The summed E-state index contributed by atoms with van der Waals surface area (Å²) in [5.41, 5.74) is 3.56. The van der Waals surface area contributed by atoms with E-state index in [4.69, 9.17) is 4.74 Å². The lowest BCUT2D eigenvalue weighted by atomic mass is 10.1. The van der Waals surface area contributed by atoms with E-state index in [1.54, 1.807) is 6.20 Å². The Balaban J connectivity index is 1.55. The highest BCUT2D eigenvalue weighted by molar-refractivity contribution is 14.1. The molecule has 0 bridgehead atoms. The maximum atomic E-state index is 5.85. The van der Waals surface area contributed by atoms with Gasteiger partial charge in [0, 0.05) is 16.5 Å². The lowest BCUT2D eigenvalue weighted by Crippen LogP contribution is -1.99. The molecule has 0 aliphatic heterocycles. The zero-order valence-corrected chi connectivity index (χ0v) is 17.0. The van der Waals surface area contributed by atoms with Gasteiger partial charge in [-0.15, -0.1) is 0 Å². The zero-order valence-electron chi connectivity index (χ0n) is 14.9. The van der Waals surface area contributed by atoms with Gasteiger partial charge in [-0.05, 0) is 35.7 Å². The minimum Gasteiger partial charge on any atom is -0.439 e. The van der Waals surface area contributed by atoms with E-state index in [0.29, 0.717) is 9.80 Å². The number of halogens is 1. The summed E-state index contributed by atoms with van der Waals surface area (Å²) in [4.78, 5) is 4.39. The van der Waals surface area contributed by atoms with Gasteiger partial charge in [0.15, 0.2) is 0 Å². The number of alkyl halides is 1. The fourth-order valence-corrected chi connectivity index (χ4v) is 3.67. The number of aromatic nitrogens is 1. The molecule has 3 aromatic rings. The summed E-state index contributed by atoms with van der Waals surface area (Å²) in [6, 6.07) is 22.5. The Morgan fingerprint density at radius 2 is 1.77 bits per heavy atom. The van der Waals surface area contributed by atoms with E-state index in [9.17, 15) is 0 Å². The van der Waals surface area contributed by atoms with Gasteiger partial charge >= 0.3 is 0 Å². The van der Waals surface area contributed by atoms with Crippen LogP contribution in [-0.2, 0) is 6.54 Å². The number of hydrogen-bond acceptors (Lipinski definition) is 3. The Bertz CT molecular complexity index is 789. The van der Waals surface area contributed by atoms with Crippen molar-refractivity contribution in [2.45, 2.75) is 30.2 Å². The first-order chi connectivity index (χ1) is 12.7. The van der Waals surface area contributed by atoms with Crippen LogP contribution in [0.5, 0.6) is 11.6 Å². The van der Waals surface area contributed by atoms with Gasteiger partial charge in [0.2, 0.25) is 5.88 Å². The third kappa shape index (κ3) is 5.46. The van der Waals surface area contributed by atoms with Crippen LogP contribution in [0.2, 0.25) is 0 Å². The maximum absolute atomic E-state index is 5.85. The number of nitrogens with one attached hydrogen (secondary N) is 1. The quantitative estimate of drug-likeness (QED) is 0.299. The first kappa shape index (κ1) is 18.7. The van der Waals surface area contributed by atoms with Crippen LogP contribution in [0.15, 0.2) is 72.9 Å². The van der Waals surface area contributed by atoms with Crippen LogP contribution in [-0.4, -0.2) is 4.98 Å². The van der Waals surface area contributed by atoms with Crippen LogP contribution in [0, 0.1) is 0 Å². The lowest BCUT2D eigenvalue weighted by Gasteiger charge is -2.11. The van der Waals surface area contributed by atoms with Gasteiger partial charge in [0.25, 0.3) is 0 Å². The number of rotatable bonds is 8. The van der Waals surface area contributed by atoms with Crippen LogP contribution in [0.1, 0.15) is 34.8 Å². The molecule has 1 N–H and O–H groups in total. The summed E-state index contributed by atoms with van der Waals surface area (Å²) in [5, 5.41) is 3.36. The predicted molar refractivity (Wildman–Crippen MR) is 116 cm³/mol. The van der Waals surface area contributed by atoms with Gasteiger partial charge in [-0.2, -0.15) is 0 Å². The number of anilines is 1. The van der Waals surface area contributed by atoms with E-state index in [-0.39, 0.29) is 0 Å². The van der Waals surface area contributed by atoms with Crippen molar-refractivity contribution in [3.63, 3.8) is 0 Å². The smallest absolute Gasteiger partial charge is 0.219 e. The standard InChI is InChI=1S/C22H23IN2O/c1-2-6-21(23)18-9-12-20(13-10-18)26-22-14-11-19(16-25-22)24-15-17-7-4-3-5-8-17/h3-5,7-14,16,21,24H,2,6,15H2,1H3. The second-order valence-corrected chi connectivity index (χ2v) is 7.66. The number of pyridine rings is 1. The van der Waals surface area contributed by atoms with Crippen LogP contribution in [0.4, 0.5) is 5.69 Å². The Labute approximate surface area is 169 Å². The third-order valence-electron chi connectivity index (χ3n) is 4.08. The lowest BCUT2D eigenvalue weighted by molar-refractivity contribution is 0.463. The van der Waals surface area contributed by atoms with E-state index in [1.807, 2.05) is 42.5 Å². The monoisotopic (exact) mass is 458 g/mol. The zero-order chi connectivity index (χ0) is 18.2. The molecule has 0 aliphatic rings. The molecule has 1 unspecified atom stereocenters. The molecule has 0 aliphatic carbocycles. The molecule has 1 aromatic heterocycles. The molecule has 3 nitrogen and oxygen atoms in total. The average molecular weight is 458 g/mol. The molecular formula is C22H23IN2O. The highest BCUT2D eigenvalue weighted by Gasteiger charge is 2.06. The first-order valence-corrected chi connectivity index (χ1v) is 10.1. The molecule has 1 atom stereocenters. The highest BCUT2D eigenvalue weighted by atomic mass is 127. The molecule has 0 saturated carbocycles. The molecule has 0 fully saturated rings. The van der Waals surface area contributed by atoms with Crippen molar-refractivity contribution in [2.75, 3.05) is 5.32 Å². The Hall–Kier alpha value is -2.08. The van der Waals surface area contributed by atoms with Gasteiger partial charge in [-0.25, -0.2) is 4.98 Å². The summed E-state index contributed by atoms with van der Waals surface area (Å²) in [6.07, 6.45) is 4.19. The molecule has 0 spiro atoms. The van der Waals surface area contributed by atoms with Crippen molar-refractivity contribution >= 4 is 28.3 Å². The molecule has 26 heavy (non-hydrogen) atoms. The fraction of sp³-hybridized carbons (Fsp3) is 0.227. The topological polar surface area (TPSA) is 34.1 Å². The molecule has 3 rings (SSSR count). The first-order valence-electron chi connectivity index (χ1n) is 8.90. The minimum absolute atomic E-state index is 0.555. The maximum Gasteiger partial charge on any atom is 0.219 e. The van der Waals surface area contributed by atoms with E-state index in [2.05, 4.69) is 64.1 Å². The Morgan fingerprint density at radius 1 is 1.00 bits per heavy atom. The molecule has 0 radical (unpaired) electrons. The van der Waals surface area contributed by atoms with Gasteiger partial charge in [-0.1, -0.05) is 78.4 Å². The van der Waals surface area contributed by atoms with E-state index in [1.165, 1.54) is 24.0 Å². The number of hydrogen-bond donors (Lipinski definition) is 1. The summed E-state index contributed by atoms with van der Waals surface area (Å²) in [6.45, 7) is 2.99. The van der Waals surface area contributed by atoms with Crippen molar-refractivity contribution in [2.24, 2.45) is 0 Å². The normalized spacial score (nSPS) is 11.8. The van der Waals surface area contributed by atoms with Crippen molar-refractivity contribution in [1.82, 2.24) is 4.98 Å². The SMILES string of the molecule is CCCC(I)c1ccc(Oc2ccc(NCc3ccccc3)cn2)cc1. The van der Waals surface area contributed by atoms with E-state index < -0.39 is 0 Å². The highest BCUT2D eigenvalue weighted by Crippen LogP contribution is 2.30. The molecule has 0 saturated heterocycles. The van der Waals surface area contributed by atoms with E-state index in [0.717, 1.165) is 18.0 Å². The second kappa shape index (κ2) is 9.57. The number of ether oxygens (including phenoxy) is 1. The van der Waals surface area contributed by atoms with Crippen molar-refractivity contribution in [3.05, 3.63) is 84.1 Å². The molecular weight excluding hydrogens is 435 g/mol. The Morgan fingerprint density at radius 3 is 2.42 bits per heavy atom. The van der Waals surface area contributed by atoms with Crippen LogP contribution >= 0.6 is 22.6 Å². The largest absolute Gasteiger partial charge is 0.439 e.